The Bertz CT molecular complexity index is 758. The van der Waals surface area contributed by atoms with Gasteiger partial charge in [-0.2, -0.15) is 0 Å². The van der Waals surface area contributed by atoms with Gasteiger partial charge in [-0.3, -0.25) is 4.79 Å². The first-order valence-electron chi connectivity index (χ1n) is 10.1. The van der Waals surface area contributed by atoms with Gasteiger partial charge in [0.15, 0.2) is 11.5 Å². The number of hydrogen-bond donors (Lipinski definition) is 1. The highest BCUT2D eigenvalue weighted by Gasteiger charge is 2.21. The van der Waals surface area contributed by atoms with E-state index in [9.17, 15) is 4.79 Å². The van der Waals surface area contributed by atoms with Crippen molar-refractivity contribution in [1.29, 1.82) is 0 Å². The molecule has 0 unspecified atom stereocenters. The highest BCUT2D eigenvalue weighted by atomic mass is 16.5. The quantitative estimate of drug-likeness (QED) is 0.719. The van der Waals surface area contributed by atoms with Crippen LogP contribution in [0.4, 0.5) is 0 Å². The summed E-state index contributed by atoms with van der Waals surface area (Å²) in [4.78, 5) is 14.9. The Morgan fingerprint density at radius 2 is 1.82 bits per heavy atom. The summed E-state index contributed by atoms with van der Waals surface area (Å²) >= 11 is 0. The third-order valence-corrected chi connectivity index (χ3v) is 5.21. The molecule has 0 spiro atoms. The van der Waals surface area contributed by atoms with Gasteiger partial charge in [-0.1, -0.05) is 30.3 Å². The number of carbonyl (C=O) groups excluding carboxylic acids is 1. The molecule has 0 bridgehead atoms. The van der Waals surface area contributed by atoms with Gasteiger partial charge in [-0.15, -0.1) is 0 Å². The first-order valence-corrected chi connectivity index (χ1v) is 10.1. The fraction of sp³-hybridized carbons (Fsp3) is 0.435. The van der Waals surface area contributed by atoms with Gasteiger partial charge in [0.2, 0.25) is 0 Å². The summed E-state index contributed by atoms with van der Waals surface area (Å²) in [5.41, 5.74) is 7.55. The van der Waals surface area contributed by atoms with Crippen molar-refractivity contribution in [3.05, 3.63) is 59.7 Å². The normalized spacial score (nSPS) is 14.1. The molecule has 2 aromatic rings. The second kappa shape index (κ2) is 10.1. The van der Waals surface area contributed by atoms with Gasteiger partial charge in [-0.05, 0) is 55.9 Å². The van der Waals surface area contributed by atoms with Crippen molar-refractivity contribution in [2.75, 3.05) is 26.7 Å². The molecule has 2 N–H and O–H groups in total. The molecule has 0 radical (unpaired) electrons. The van der Waals surface area contributed by atoms with Crippen molar-refractivity contribution in [2.45, 2.75) is 38.2 Å². The third-order valence-electron chi connectivity index (χ3n) is 5.21. The maximum atomic E-state index is 13.1. The van der Waals surface area contributed by atoms with Gasteiger partial charge in [-0.25, -0.2) is 0 Å². The molecule has 3 rings (SSSR count). The van der Waals surface area contributed by atoms with Crippen LogP contribution in [0.2, 0.25) is 0 Å². The minimum absolute atomic E-state index is 0.0351. The molecule has 5 nitrogen and oxygen atoms in total. The molecule has 1 saturated carbocycles. The van der Waals surface area contributed by atoms with Gasteiger partial charge in [0.25, 0.3) is 5.91 Å². The van der Waals surface area contributed by atoms with Crippen molar-refractivity contribution in [2.24, 2.45) is 5.73 Å². The van der Waals surface area contributed by atoms with E-state index < -0.39 is 0 Å². The van der Waals surface area contributed by atoms with E-state index in [1.807, 2.05) is 30.3 Å². The molecule has 2 aromatic carbocycles. The monoisotopic (exact) mass is 382 g/mol. The summed E-state index contributed by atoms with van der Waals surface area (Å²) < 4.78 is 11.6. The molecule has 0 aromatic heterocycles. The number of hydrogen-bond acceptors (Lipinski definition) is 4. The van der Waals surface area contributed by atoms with E-state index in [2.05, 4.69) is 12.1 Å². The Hall–Kier alpha value is -2.53. The zero-order chi connectivity index (χ0) is 19.8. The van der Waals surface area contributed by atoms with Crippen LogP contribution in [0.15, 0.2) is 48.5 Å². The summed E-state index contributed by atoms with van der Waals surface area (Å²) in [6, 6.07) is 15.6. The highest BCUT2D eigenvalue weighted by Crippen LogP contribution is 2.32. The first kappa shape index (κ1) is 20.2. The molecule has 0 heterocycles. The average molecular weight is 383 g/mol. The molecule has 28 heavy (non-hydrogen) atoms. The summed E-state index contributed by atoms with van der Waals surface area (Å²) in [5, 5.41) is 0. The van der Waals surface area contributed by atoms with Crippen LogP contribution in [0.5, 0.6) is 11.5 Å². The zero-order valence-electron chi connectivity index (χ0n) is 16.6. The Morgan fingerprint density at radius 3 is 2.50 bits per heavy atom. The Labute approximate surface area is 167 Å². The molecule has 5 heteroatoms. The van der Waals surface area contributed by atoms with E-state index in [4.69, 9.17) is 15.2 Å². The van der Waals surface area contributed by atoms with Gasteiger partial charge in [0, 0.05) is 25.2 Å². The van der Waals surface area contributed by atoms with Crippen LogP contribution >= 0.6 is 0 Å². The molecule has 0 atom stereocenters. The molecule has 1 amide bonds. The van der Waals surface area contributed by atoms with E-state index in [0.717, 1.165) is 19.3 Å². The number of amides is 1. The first-order chi connectivity index (χ1) is 13.7. The fourth-order valence-corrected chi connectivity index (χ4v) is 3.65. The fourth-order valence-electron chi connectivity index (χ4n) is 3.65. The molecule has 0 saturated heterocycles. The maximum Gasteiger partial charge on any atom is 0.254 e. The lowest BCUT2D eigenvalue weighted by molar-refractivity contribution is 0.0761. The Morgan fingerprint density at radius 1 is 1.07 bits per heavy atom. The van der Waals surface area contributed by atoms with E-state index in [1.54, 1.807) is 18.1 Å². The zero-order valence-corrected chi connectivity index (χ0v) is 16.6. The number of methoxy groups -OCH3 is 1. The molecular weight excluding hydrogens is 352 g/mol. The SMILES string of the molecule is COc1cc(C(=O)N(CCN)CCc2ccccc2)ccc1OC1CCCC1. The average Bonchev–Trinajstić information content (AvgIpc) is 3.25. The standard InChI is InChI=1S/C23H30N2O3/c1-27-22-17-19(11-12-21(22)28-20-9-5-6-10-20)23(26)25(16-14-24)15-13-18-7-3-2-4-8-18/h2-4,7-8,11-12,17,20H,5-6,9-10,13-16,24H2,1H3. The van der Waals surface area contributed by atoms with Crippen molar-refractivity contribution < 1.29 is 14.3 Å². The predicted molar refractivity (Wildman–Crippen MR) is 111 cm³/mol. The van der Waals surface area contributed by atoms with Crippen molar-refractivity contribution in [3.8, 4) is 11.5 Å². The molecule has 1 fully saturated rings. The number of benzene rings is 2. The topological polar surface area (TPSA) is 64.8 Å². The van der Waals surface area contributed by atoms with E-state index in [-0.39, 0.29) is 12.0 Å². The third kappa shape index (κ3) is 5.26. The number of rotatable bonds is 9. The summed E-state index contributed by atoms with van der Waals surface area (Å²) in [7, 11) is 1.61. The van der Waals surface area contributed by atoms with E-state index in [0.29, 0.717) is 36.7 Å². The largest absolute Gasteiger partial charge is 0.493 e. The van der Waals surface area contributed by atoms with Crippen LogP contribution in [0.3, 0.4) is 0 Å². The number of nitrogens with zero attached hydrogens (tertiary/aromatic N) is 1. The maximum absolute atomic E-state index is 13.1. The lowest BCUT2D eigenvalue weighted by atomic mass is 10.1. The van der Waals surface area contributed by atoms with Crippen molar-refractivity contribution in [1.82, 2.24) is 4.90 Å². The molecular formula is C23H30N2O3. The summed E-state index contributed by atoms with van der Waals surface area (Å²) in [6.07, 6.45) is 5.61. The van der Waals surface area contributed by atoms with Gasteiger partial charge >= 0.3 is 0 Å². The lowest BCUT2D eigenvalue weighted by Crippen LogP contribution is -2.37. The number of ether oxygens (including phenoxy) is 2. The van der Waals surface area contributed by atoms with Crippen molar-refractivity contribution >= 4 is 5.91 Å². The molecule has 0 aliphatic heterocycles. The van der Waals surface area contributed by atoms with Crippen LogP contribution in [0.1, 0.15) is 41.6 Å². The Balaban J connectivity index is 1.70. The van der Waals surface area contributed by atoms with Crippen molar-refractivity contribution in [3.63, 3.8) is 0 Å². The summed E-state index contributed by atoms with van der Waals surface area (Å²) in [6.45, 7) is 1.58. The summed E-state index contributed by atoms with van der Waals surface area (Å²) in [5.74, 6) is 1.28. The predicted octanol–water partition coefficient (Wildman–Crippen LogP) is 3.66. The molecule has 1 aliphatic carbocycles. The smallest absolute Gasteiger partial charge is 0.254 e. The van der Waals surface area contributed by atoms with Gasteiger partial charge in [0.05, 0.1) is 13.2 Å². The molecule has 150 valence electrons. The minimum atomic E-state index is -0.0351. The van der Waals surface area contributed by atoms with Gasteiger partial charge in [0.1, 0.15) is 0 Å². The van der Waals surface area contributed by atoms with Crippen LogP contribution < -0.4 is 15.2 Å². The van der Waals surface area contributed by atoms with Crippen LogP contribution in [-0.2, 0) is 6.42 Å². The second-order valence-electron chi connectivity index (χ2n) is 7.21. The number of carbonyl (C=O) groups is 1. The van der Waals surface area contributed by atoms with Crippen LogP contribution in [0, 0.1) is 0 Å². The minimum Gasteiger partial charge on any atom is -0.493 e. The number of nitrogens with two attached hydrogens (primary N) is 1. The van der Waals surface area contributed by atoms with Crippen LogP contribution in [-0.4, -0.2) is 43.7 Å². The van der Waals surface area contributed by atoms with E-state index >= 15 is 0 Å². The Kier molecular flexibility index (Phi) is 7.31. The van der Waals surface area contributed by atoms with Gasteiger partial charge < -0.3 is 20.1 Å². The van der Waals surface area contributed by atoms with Crippen LogP contribution in [0.25, 0.3) is 0 Å². The second-order valence-corrected chi connectivity index (χ2v) is 7.21. The van der Waals surface area contributed by atoms with E-state index in [1.165, 1.54) is 18.4 Å². The highest BCUT2D eigenvalue weighted by molar-refractivity contribution is 5.95. The lowest BCUT2D eigenvalue weighted by Gasteiger charge is -2.23. The molecule has 1 aliphatic rings.